The molecule has 2 fully saturated rings. The van der Waals surface area contributed by atoms with E-state index in [4.69, 9.17) is 11.6 Å². The summed E-state index contributed by atoms with van der Waals surface area (Å²) in [5.74, 6) is -1.15. The third-order valence-corrected chi connectivity index (χ3v) is 6.69. The summed E-state index contributed by atoms with van der Waals surface area (Å²) in [5.41, 5.74) is 0.520. The molecule has 130 valence electrons. The van der Waals surface area contributed by atoms with Gasteiger partial charge in [0.1, 0.15) is 6.04 Å². The van der Waals surface area contributed by atoms with Crippen molar-refractivity contribution in [3.05, 3.63) is 39.8 Å². The number of carbonyl (C=O) groups excluding carboxylic acids is 3. The molecule has 1 saturated carbocycles. The Bertz CT molecular complexity index is 795. The van der Waals surface area contributed by atoms with Crippen LogP contribution in [0.2, 0.25) is 5.02 Å². The number of likely N-dealkylation sites (tertiary alicyclic amines) is 1. The van der Waals surface area contributed by atoms with Gasteiger partial charge in [-0.05, 0) is 59.3 Å². The molecule has 4 rings (SSSR count). The zero-order chi connectivity index (χ0) is 17.9. The number of allylic oxidation sites excluding steroid dienone is 2. The molecular formula is C18H16BrClN2O3. The summed E-state index contributed by atoms with van der Waals surface area (Å²) in [5, 5.41) is 3.19. The van der Waals surface area contributed by atoms with Gasteiger partial charge in [-0.2, -0.15) is 0 Å². The van der Waals surface area contributed by atoms with Crippen molar-refractivity contribution in [3.8, 4) is 0 Å². The van der Waals surface area contributed by atoms with Crippen LogP contribution in [0.15, 0.2) is 34.8 Å². The summed E-state index contributed by atoms with van der Waals surface area (Å²) >= 11 is 9.32. The third kappa shape index (κ3) is 2.54. The number of amides is 3. The lowest BCUT2D eigenvalue weighted by molar-refractivity contribution is -0.146. The molecule has 3 amide bonds. The lowest BCUT2D eigenvalue weighted by Crippen LogP contribution is -2.46. The first-order valence-electron chi connectivity index (χ1n) is 8.19. The molecule has 1 aromatic carbocycles. The highest BCUT2D eigenvalue weighted by Gasteiger charge is 2.60. The van der Waals surface area contributed by atoms with Crippen LogP contribution >= 0.6 is 27.5 Å². The molecule has 1 aliphatic heterocycles. The summed E-state index contributed by atoms with van der Waals surface area (Å²) < 4.78 is 0.723. The molecule has 1 heterocycles. The molecule has 1 aromatic rings. The number of nitrogens with one attached hydrogen (secondary N) is 1. The largest absolute Gasteiger partial charge is 0.324 e. The van der Waals surface area contributed by atoms with Crippen LogP contribution < -0.4 is 5.32 Å². The monoisotopic (exact) mass is 422 g/mol. The summed E-state index contributed by atoms with van der Waals surface area (Å²) in [6.45, 7) is 1.59. The molecule has 2 bridgehead atoms. The topological polar surface area (TPSA) is 66.5 Å². The zero-order valence-corrected chi connectivity index (χ0v) is 15.8. The molecule has 0 spiro atoms. The zero-order valence-electron chi connectivity index (χ0n) is 13.4. The van der Waals surface area contributed by atoms with Crippen LogP contribution in [0.5, 0.6) is 0 Å². The Morgan fingerprint density at radius 1 is 1.24 bits per heavy atom. The van der Waals surface area contributed by atoms with Gasteiger partial charge in [0.15, 0.2) is 0 Å². The van der Waals surface area contributed by atoms with Crippen molar-refractivity contribution in [2.75, 3.05) is 5.32 Å². The van der Waals surface area contributed by atoms with Gasteiger partial charge >= 0.3 is 0 Å². The summed E-state index contributed by atoms with van der Waals surface area (Å²) in [6, 6.07) is 4.19. The summed E-state index contributed by atoms with van der Waals surface area (Å²) in [4.78, 5) is 39.2. The van der Waals surface area contributed by atoms with Gasteiger partial charge in [-0.25, -0.2) is 0 Å². The second kappa shape index (κ2) is 5.95. The van der Waals surface area contributed by atoms with Gasteiger partial charge in [-0.3, -0.25) is 19.3 Å². The van der Waals surface area contributed by atoms with Crippen molar-refractivity contribution in [3.63, 3.8) is 0 Å². The van der Waals surface area contributed by atoms with E-state index in [1.54, 1.807) is 25.1 Å². The van der Waals surface area contributed by atoms with Crippen LogP contribution in [0.4, 0.5) is 5.69 Å². The van der Waals surface area contributed by atoms with E-state index in [1.165, 1.54) is 0 Å². The van der Waals surface area contributed by atoms with Crippen LogP contribution in [-0.2, 0) is 14.4 Å². The number of nitrogens with zero attached hydrogens (tertiary/aromatic N) is 1. The number of benzene rings is 1. The van der Waals surface area contributed by atoms with E-state index in [0.717, 1.165) is 15.8 Å². The number of anilines is 1. The van der Waals surface area contributed by atoms with Crippen molar-refractivity contribution in [1.82, 2.24) is 4.90 Å². The number of hydrogen-bond donors (Lipinski definition) is 1. The van der Waals surface area contributed by atoms with Crippen LogP contribution in [0.3, 0.4) is 0 Å². The fourth-order valence-corrected chi connectivity index (χ4v) is 4.67. The van der Waals surface area contributed by atoms with E-state index in [2.05, 4.69) is 21.2 Å². The summed E-state index contributed by atoms with van der Waals surface area (Å²) in [7, 11) is 0. The van der Waals surface area contributed by atoms with E-state index in [-0.39, 0.29) is 35.5 Å². The van der Waals surface area contributed by atoms with Gasteiger partial charge in [0.25, 0.3) is 0 Å². The normalized spacial score (nSPS) is 30.8. The fraction of sp³-hybridized carbons (Fsp3) is 0.389. The molecule has 1 N–H and O–H groups in total. The average Bonchev–Trinajstić information content (AvgIpc) is 3.24. The number of imide groups is 1. The maximum Gasteiger partial charge on any atom is 0.247 e. The van der Waals surface area contributed by atoms with Crippen molar-refractivity contribution in [2.24, 2.45) is 23.7 Å². The first-order chi connectivity index (χ1) is 11.9. The molecule has 25 heavy (non-hydrogen) atoms. The van der Waals surface area contributed by atoms with E-state index < -0.39 is 11.9 Å². The highest BCUT2D eigenvalue weighted by atomic mass is 79.9. The Morgan fingerprint density at radius 2 is 1.84 bits per heavy atom. The van der Waals surface area contributed by atoms with Crippen LogP contribution in [-0.4, -0.2) is 28.7 Å². The molecular weight excluding hydrogens is 408 g/mol. The van der Waals surface area contributed by atoms with Gasteiger partial charge in [0.2, 0.25) is 17.7 Å². The number of hydrogen-bond acceptors (Lipinski definition) is 3. The van der Waals surface area contributed by atoms with Crippen LogP contribution in [0.25, 0.3) is 0 Å². The molecule has 5 atom stereocenters. The smallest absolute Gasteiger partial charge is 0.247 e. The van der Waals surface area contributed by atoms with Gasteiger partial charge in [0, 0.05) is 10.2 Å². The average molecular weight is 424 g/mol. The molecule has 2 aliphatic carbocycles. The van der Waals surface area contributed by atoms with E-state index in [1.807, 2.05) is 12.2 Å². The van der Waals surface area contributed by atoms with E-state index in [0.29, 0.717) is 10.7 Å². The number of carbonyl (C=O) groups is 3. The Hall–Kier alpha value is -1.66. The maximum atomic E-state index is 12.7. The second-order valence-corrected chi connectivity index (χ2v) is 8.10. The fourth-order valence-electron chi connectivity index (χ4n) is 4.24. The molecule has 5 nitrogen and oxygen atoms in total. The Morgan fingerprint density at radius 3 is 2.40 bits per heavy atom. The maximum absolute atomic E-state index is 12.7. The van der Waals surface area contributed by atoms with E-state index >= 15 is 0 Å². The van der Waals surface area contributed by atoms with Gasteiger partial charge in [-0.1, -0.05) is 23.8 Å². The van der Waals surface area contributed by atoms with Crippen molar-refractivity contribution < 1.29 is 14.4 Å². The number of fused-ring (bicyclic) bond motifs is 5. The Labute approximate surface area is 158 Å². The highest BCUT2D eigenvalue weighted by Crippen LogP contribution is 2.52. The molecule has 0 aromatic heterocycles. The lowest BCUT2D eigenvalue weighted by atomic mass is 9.85. The molecule has 3 aliphatic rings. The lowest BCUT2D eigenvalue weighted by Gasteiger charge is -2.23. The Kier molecular flexibility index (Phi) is 4.00. The predicted octanol–water partition coefficient (Wildman–Crippen LogP) is 3.24. The minimum absolute atomic E-state index is 0.136. The predicted molar refractivity (Wildman–Crippen MR) is 96.8 cm³/mol. The molecule has 1 saturated heterocycles. The number of halogens is 2. The molecule has 0 unspecified atom stereocenters. The first-order valence-corrected chi connectivity index (χ1v) is 9.36. The van der Waals surface area contributed by atoms with Gasteiger partial charge < -0.3 is 5.32 Å². The molecule has 7 heteroatoms. The van der Waals surface area contributed by atoms with Crippen LogP contribution in [0, 0.1) is 23.7 Å². The van der Waals surface area contributed by atoms with Crippen molar-refractivity contribution in [1.29, 1.82) is 0 Å². The van der Waals surface area contributed by atoms with Crippen molar-refractivity contribution >= 4 is 50.9 Å². The van der Waals surface area contributed by atoms with Gasteiger partial charge in [-0.15, -0.1) is 0 Å². The minimum atomic E-state index is -0.854. The molecule has 0 radical (unpaired) electrons. The second-order valence-electron chi connectivity index (χ2n) is 6.84. The standard InChI is InChI=1S/C18H16BrClN2O3/c1-8(16(23)21-11-4-5-12(19)13(20)7-11)22-17(24)14-9-2-3-10(6-9)15(14)18(22)25/h2-5,7-10,14-15H,6H2,1H3,(H,21,23)/t8-,9-,10+,14-,15+/m0/s1. The van der Waals surface area contributed by atoms with E-state index in [9.17, 15) is 14.4 Å². The highest BCUT2D eigenvalue weighted by molar-refractivity contribution is 9.10. The number of rotatable bonds is 3. The SMILES string of the molecule is C[C@@H](C(=O)Nc1ccc(Br)c(Cl)c1)N1C(=O)[C@@H]2[C@H](C1=O)[C@@H]1C=C[C@H]2C1. The summed E-state index contributed by atoms with van der Waals surface area (Å²) in [6.07, 6.45) is 4.95. The quantitative estimate of drug-likeness (QED) is 0.599. The third-order valence-electron chi connectivity index (χ3n) is 5.46. The van der Waals surface area contributed by atoms with Crippen LogP contribution in [0.1, 0.15) is 13.3 Å². The minimum Gasteiger partial charge on any atom is -0.324 e. The first kappa shape index (κ1) is 16.8. The Balaban J connectivity index is 1.52. The van der Waals surface area contributed by atoms with Crippen molar-refractivity contribution in [2.45, 2.75) is 19.4 Å². The van der Waals surface area contributed by atoms with Gasteiger partial charge in [0.05, 0.1) is 16.9 Å².